The van der Waals surface area contributed by atoms with Gasteiger partial charge in [0.1, 0.15) is 17.3 Å². The molecule has 1 fully saturated rings. The number of anilines is 1. The number of amides is 1. The average molecular weight is 371 g/mol. The fourth-order valence-corrected chi connectivity index (χ4v) is 3.81. The number of hydrogen-bond acceptors (Lipinski definition) is 5. The SMILES string of the molecule is COc1ccccc1CCN1CCC[C@H](CN(C)C(=O)c2cc(N)n[nH]2)C1. The standard InChI is InChI=1S/C20H29N5O2/c1-24(20(26)17-12-19(21)23-22-17)13-15-6-5-10-25(14-15)11-9-16-7-3-4-8-18(16)27-2/h3-4,7-8,12,15H,5-6,9-11,13-14H2,1-2H3,(H3,21,22,23)/t15-/m1/s1. The van der Waals surface area contributed by atoms with Gasteiger partial charge in [0.05, 0.1) is 7.11 Å². The number of piperidine rings is 1. The molecular formula is C20H29N5O2. The molecule has 1 amide bonds. The van der Waals surface area contributed by atoms with Crippen LogP contribution in [0.5, 0.6) is 5.75 Å². The largest absolute Gasteiger partial charge is 0.496 e. The minimum Gasteiger partial charge on any atom is -0.496 e. The van der Waals surface area contributed by atoms with Gasteiger partial charge in [-0.2, -0.15) is 5.10 Å². The predicted molar refractivity (Wildman–Crippen MR) is 106 cm³/mol. The van der Waals surface area contributed by atoms with E-state index in [-0.39, 0.29) is 5.91 Å². The van der Waals surface area contributed by atoms with Crippen molar-refractivity contribution in [3.05, 3.63) is 41.6 Å². The van der Waals surface area contributed by atoms with Crippen molar-refractivity contribution in [3.8, 4) is 5.75 Å². The van der Waals surface area contributed by atoms with Gasteiger partial charge >= 0.3 is 0 Å². The van der Waals surface area contributed by atoms with Crippen LogP contribution < -0.4 is 10.5 Å². The smallest absolute Gasteiger partial charge is 0.271 e. The number of likely N-dealkylation sites (tertiary alicyclic amines) is 1. The van der Waals surface area contributed by atoms with E-state index in [4.69, 9.17) is 10.5 Å². The molecule has 2 heterocycles. The number of nitrogen functional groups attached to an aromatic ring is 1. The average Bonchev–Trinajstić information content (AvgIpc) is 3.12. The van der Waals surface area contributed by atoms with Crippen LogP contribution in [0.3, 0.4) is 0 Å². The van der Waals surface area contributed by atoms with Gasteiger partial charge in [0, 0.05) is 32.7 Å². The Bertz CT molecular complexity index is 760. The number of nitrogens with one attached hydrogen (secondary N) is 1. The third kappa shape index (κ3) is 5.01. The van der Waals surface area contributed by atoms with Gasteiger partial charge in [0.25, 0.3) is 5.91 Å². The van der Waals surface area contributed by atoms with Crippen molar-refractivity contribution < 1.29 is 9.53 Å². The number of nitrogens with zero attached hydrogens (tertiary/aromatic N) is 3. The first-order chi connectivity index (χ1) is 13.1. The Kier molecular flexibility index (Phi) is 6.34. The van der Waals surface area contributed by atoms with Crippen molar-refractivity contribution in [1.29, 1.82) is 0 Å². The van der Waals surface area contributed by atoms with E-state index in [2.05, 4.69) is 27.2 Å². The number of rotatable bonds is 7. The molecule has 1 atom stereocenters. The molecule has 27 heavy (non-hydrogen) atoms. The lowest BCUT2D eigenvalue weighted by Crippen LogP contribution is -2.42. The number of aromatic nitrogens is 2. The molecule has 1 aliphatic rings. The second-order valence-electron chi connectivity index (χ2n) is 7.26. The number of nitrogens with two attached hydrogens (primary N) is 1. The summed E-state index contributed by atoms with van der Waals surface area (Å²) in [6, 6.07) is 9.78. The van der Waals surface area contributed by atoms with E-state index in [0.717, 1.165) is 51.2 Å². The van der Waals surface area contributed by atoms with Gasteiger partial charge in [0.2, 0.25) is 0 Å². The molecule has 7 nitrogen and oxygen atoms in total. The van der Waals surface area contributed by atoms with Crippen LogP contribution in [0.15, 0.2) is 30.3 Å². The first-order valence-electron chi connectivity index (χ1n) is 9.47. The molecule has 1 aliphatic heterocycles. The number of methoxy groups -OCH3 is 1. The molecule has 0 saturated carbocycles. The predicted octanol–water partition coefficient (Wildman–Crippen LogP) is 2.03. The Labute approximate surface area is 160 Å². The Morgan fingerprint density at radius 3 is 3.00 bits per heavy atom. The monoisotopic (exact) mass is 371 g/mol. The van der Waals surface area contributed by atoms with Crippen LogP contribution in [0.2, 0.25) is 0 Å². The van der Waals surface area contributed by atoms with Crippen LogP contribution in [-0.2, 0) is 6.42 Å². The molecular weight excluding hydrogens is 342 g/mol. The second-order valence-corrected chi connectivity index (χ2v) is 7.26. The molecule has 0 radical (unpaired) electrons. The molecule has 3 N–H and O–H groups in total. The lowest BCUT2D eigenvalue weighted by Gasteiger charge is -2.34. The molecule has 0 spiro atoms. The van der Waals surface area contributed by atoms with Gasteiger partial charge in [0.15, 0.2) is 0 Å². The van der Waals surface area contributed by atoms with E-state index >= 15 is 0 Å². The van der Waals surface area contributed by atoms with Gasteiger partial charge in [-0.3, -0.25) is 9.89 Å². The van der Waals surface area contributed by atoms with E-state index in [1.807, 2.05) is 19.2 Å². The van der Waals surface area contributed by atoms with Crippen molar-refractivity contribution in [1.82, 2.24) is 20.0 Å². The van der Waals surface area contributed by atoms with Crippen molar-refractivity contribution in [2.45, 2.75) is 19.3 Å². The number of carbonyl (C=O) groups excluding carboxylic acids is 1. The molecule has 0 bridgehead atoms. The van der Waals surface area contributed by atoms with Crippen molar-refractivity contribution in [2.24, 2.45) is 5.92 Å². The summed E-state index contributed by atoms with van der Waals surface area (Å²) in [5.41, 5.74) is 7.28. The summed E-state index contributed by atoms with van der Waals surface area (Å²) in [7, 11) is 3.56. The molecule has 146 valence electrons. The topological polar surface area (TPSA) is 87.5 Å². The van der Waals surface area contributed by atoms with E-state index < -0.39 is 0 Å². The molecule has 7 heteroatoms. The maximum atomic E-state index is 12.5. The Hall–Kier alpha value is -2.54. The fourth-order valence-electron chi connectivity index (χ4n) is 3.81. The van der Waals surface area contributed by atoms with Gasteiger partial charge in [-0.25, -0.2) is 0 Å². The molecule has 1 aromatic carbocycles. The summed E-state index contributed by atoms with van der Waals surface area (Å²) in [4.78, 5) is 16.7. The van der Waals surface area contributed by atoms with E-state index in [1.165, 1.54) is 5.56 Å². The number of aromatic amines is 1. The third-order valence-electron chi connectivity index (χ3n) is 5.20. The number of benzene rings is 1. The highest BCUT2D eigenvalue weighted by molar-refractivity contribution is 5.92. The molecule has 0 unspecified atom stereocenters. The van der Waals surface area contributed by atoms with Gasteiger partial charge in [-0.05, 0) is 43.4 Å². The van der Waals surface area contributed by atoms with Crippen molar-refractivity contribution in [2.75, 3.05) is 46.1 Å². The number of carbonyl (C=O) groups is 1. The quantitative estimate of drug-likeness (QED) is 0.778. The number of para-hydroxylation sites is 1. The zero-order valence-electron chi connectivity index (χ0n) is 16.1. The minimum atomic E-state index is -0.0645. The van der Waals surface area contributed by atoms with Gasteiger partial charge in [-0.15, -0.1) is 0 Å². The Morgan fingerprint density at radius 2 is 2.26 bits per heavy atom. The lowest BCUT2D eigenvalue weighted by molar-refractivity contribution is 0.0724. The number of hydrogen-bond donors (Lipinski definition) is 2. The van der Waals surface area contributed by atoms with E-state index in [0.29, 0.717) is 17.4 Å². The first kappa shape index (κ1) is 19.2. The zero-order chi connectivity index (χ0) is 19.2. The highest BCUT2D eigenvalue weighted by atomic mass is 16.5. The molecule has 2 aromatic rings. The summed E-state index contributed by atoms with van der Waals surface area (Å²) in [6.07, 6.45) is 3.28. The van der Waals surface area contributed by atoms with E-state index in [1.54, 1.807) is 18.1 Å². The summed E-state index contributed by atoms with van der Waals surface area (Å²) in [6.45, 7) is 3.87. The van der Waals surface area contributed by atoms with Crippen LogP contribution in [-0.4, -0.2) is 66.2 Å². The summed E-state index contributed by atoms with van der Waals surface area (Å²) in [5.74, 6) is 1.71. The highest BCUT2D eigenvalue weighted by Crippen LogP contribution is 2.21. The Morgan fingerprint density at radius 1 is 1.44 bits per heavy atom. The molecule has 1 aromatic heterocycles. The fraction of sp³-hybridized carbons (Fsp3) is 0.500. The minimum absolute atomic E-state index is 0.0645. The van der Waals surface area contributed by atoms with Gasteiger partial charge in [-0.1, -0.05) is 18.2 Å². The number of ether oxygens (including phenoxy) is 1. The van der Waals surface area contributed by atoms with Gasteiger partial charge < -0.3 is 20.3 Å². The highest BCUT2D eigenvalue weighted by Gasteiger charge is 2.24. The van der Waals surface area contributed by atoms with Crippen LogP contribution in [0, 0.1) is 5.92 Å². The Balaban J connectivity index is 1.51. The second kappa shape index (κ2) is 8.90. The zero-order valence-corrected chi connectivity index (χ0v) is 16.1. The molecule has 0 aliphatic carbocycles. The molecule has 1 saturated heterocycles. The number of H-pyrrole nitrogens is 1. The van der Waals surface area contributed by atoms with Crippen molar-refractivity contribution >= 4 is 11.7 Å². The summed E-state index contributed by atoms with van der Waals surface area (Å²) >= 11 is 0. The third-order valence-corrected chi connectivity index (χ3v) is 5.20. The molecule has 3 rings (SSSR count). The maximum absolute atomic E-state index is 12.5. The summed E-state index contributed by atoms with van der Waals surface area (Å²) in [5, 5.41) is 6.53. The van der Waals surface area contributed by atoms with Crippen LogP contribution >= 0.6 is 0 Å². The summed E-state index contributed by atoms with van der Waals surface area (Å²) < 4.78 is 5.45. The first-order valence-corrected chi connectivity index (χ1v) is 9.47. The van der Waals surface area contributed by atoms with Crippen LogP contribution in [0.1, 0.15) is 28.9 Å². The van der Waals surface area contributed by atoms with Crippen LogP contribution in [0.4, 0.5) is 5.82 Å². The van der Waals surface area contributed by atoms with Crippen molar-refractivity contribution in [3.63, 3.8) is 0 Å². The van der Waals surface area contributed by atoms with E-state index in [9.17, 15) is 4.79 Å². The van der Waals surface area contributed by atoms with Crippen LogP contribution in [0.25, 0.3) is 0 Å². The lowest BCUT2D eigenvalue weighted by atomic mass is 9.97. The maximum Gasteiger partial charge on any atom is 0.271 e. The normalized spacial score (nSPS) is 17.6.